The number of carbonyl (C=O) groups excluding carboxylic acids is 1. The second-order valence-corrected chi connectivity index (χ2v) is 7.08. The Kier molecular flexibility index (Phi) is 4.52. The summed E-state index contributed by atoms with van der Waals surface area (Å²) in [5.74, 6) is 0.349. The standard InChI is InChI=1S/C24H18FN3O2/c25-14-16-9-11-17(12-10-16)15-28-20-7-3-2-6-19(20)23(27-28)26-24(29)22-13-18-5-1-4-8-21(18)30-22/h1-13H,14-15H2,(H,26,27,29). The minimum atomic E-state index is -0.483. The number of carbonyl (C=O) groups is 1. The van der Waals surface area contributed by atoms with Crippen LogP contribution < -0.4 is 5.32 Å². The highest BCUT2D eigenvalue weighted by atomic mass is 19.1. The molecule has 0 bridgehead atoms. The van der Waals surface area contributed by atoms with E-state index in [1.54, 1.807) is 18.2 Å². The van der Waals surface area contributed by atoms with Gasteiger partial charge in [-0.25, -0.2) is 4.39 Å². The van der Waals surface area contributed by atoms with Crippen LogP contribution in [0.15, 0.2) is 83.3 Å². The van der Waals surface area contributed by atoms with Crippen LogP contribution >= 0.6 is 0 Å². The zero-order valence-corrected chi connectivity index (χ0v) is 16.0. The molecule has 5 rings (SSSR count). The molecule has 5 aromatic rings. The zero-order chi connectivity index (χ0) is 20.5. The van der Waals surface area contributed by atoms with Crippen LogP contribution in [0.5, 0.6) is 0 Å². The van der Waals surface area contributed by atoms with Crippen molar-refractivity contribution in [3.8, 4) is 0 Å². The van der Waals surface area contributed by atoms with E-state index in [0.29, 0.717) is 23.5 Å². The molecular formula is C24H18FN3O2. The monoisotopic (exact) mass is 399 g/mol. The SMILES string of the molecule is O=C(Nc1nn(Cc2ccc(CF)cc2)c2ccccc12)c1cc2ccccc2o1. The van der Waals surface area contributed by atoms with E-state index in [-0.39, 0.29) is 11.7 Å². The Morgan fingerprint density at radius 3 is 2.50 bits per heavy atom. The summed E-state index contributed by atoms with van der Waals surface area (Å²) in [6.07, 6.45) is 0. The lowest BCUT2D eigenvalue weighted by Gasteiger charge is -2.04. The molecule has 0 radical (unpaired) electrons. The van der Waals surface area contributed by atoms with Crippen molar-refractivity contribution >= 4 is 33.6 Å². The van der Waals surface area contributed by atoms with Crippen molar-refractivity contribution in [1.82, 2.24) is 9.78 Å². The number of fused-ring (bicyclic) bond motifs is 2. The number of rotatable bonds is 5. The van der Waals surface area contributed by atoms with E-state index in [4.69, 9.17) is 4.42 Å². The van der Waals surface area contributed by atoms with E-state index in [1.165, 1.54) is 0 Å². The zero-order valence-electron chi connectivity index (χ0n) is 16.0. The van der Waals surface area contributed by atoms with Gasteiger partial charge in [0, 0.05) is 10.8 Å². The molecule has 0 fully saturated rings. The highest BCUT2D eigenvalue weighted by molar-refractivity contribution is 6.08. The molecule has 0 saturated heterocycles. The first-order chi connectivity index (χ1) is 14.7. The maximum absolute atomic E-state index is 12.8. The van der Waals surface area contributed by atoms with Crippen LogP contribution in [0, 0.1) is 0 Å². The molecule has 2 aromatic heterocycles. The number of alkyl halides is 1. The molecule has 1 amide bonds. The molecule has 1 N–H and O–H groups in total. The molecule has 0 aliphatic carbocycles. The van der Waals surface area contributed by atoms with Gasteiger partial charge in [0.1, 0.15) is 12.3 Å². The second kappa shape index (κ2) is 7.48. The van der Waals surface area contributed by atoms with E-state index in [9.17, 15) is 9.18 Å². The molecule has 0 aliphatic heterocycles. The lowest BCUT2D eigenvalue weighted by atomic mass is 10.1. The summed E-state index contributed by atoms with van der Waals surface area (Å²) in [6, 6.07) is 24.2. The van der Waals surface area contributed by atoms with Crippen molar-refractivity contribution in [1.29, 1.82) is 0 Å². The maximum Gasteiger partial charge on any atom is 0.292 e. The molecule has 0 aliphatic rings. The van der Waals surface area contributed by atoms with Gasteiger partial charge in [0.05, 0.1) is 12.1 Å². The molecule has 3 aromatic carbocycles. The van der Waals surface area contributed by atoms with E-state index < -0.39 is 6.67 Å². The maximum atomic E-state index is 12.8. The smallest absolute Gasteiger partial charge is 0.292 e. The van der Waals surface area contributed by atoms with Crippen molar-refractivity contribution in [3.63, 3.8) is 0 Å². The lowest BCUT2D eigenvalue weighted by Crippen LogP contribution is -2.12. The van der Waals surface area contributed by atoms with Crippen molar-refractivity contribution in [2.24, 2.45) is 0 Å². The quantitative estimate of drug-likeness (QED) is 0.421. The Morgan fingerprint density at radius 1 is 0.967 bits per heavy atom. The van der Waals surface area contributed by atoms with Gasteiger partial charge in [-0.15, -0.1) is 0 Å². The number of hydrogen-bond donors (Lipinski definition) is 1. The van der Waals surface area contributed by atoms with Crippen LogP contribution in [-0.4, -0.2) is 15.7 Å². The van der Waals surface area contributed by atoms with Gasteiger partial charge in [0.25, 0.3) is 5.91 Å². The third-order valence-corrected chi connectivity index (χ3v) is 5.05. The van der Waals surface area contributed by atoms with Crippen LogP contribution in [0.1, 0.15) is 21.7 Å². The normalized spacial score (nSPS) is 11.2. The van der Waals surface area contributed by atoms with Gasteiger partial charge in [-0.2, -0.15) is 5.10 Å². The molecule has 0 atom stereocenters. The number of halogens is 1. The first kappa shape index (κ1) is 18.1. The number of nitrogens with one attached hydrogen (secondary N) is 1. The number of aromatic nitrogens is 2. The van der Waals surface area contributed by atoms with Gasteiger partial charge in [-0.1, -0.05) is 54.6 Å². The fourth-order valence-corrected chi connectivity index (χ4v) is 3.51. The third kappa shape index (κ3) is 3.33. The highest BCUT2D eigenvalue weighted by Crippen LogP contribution is 2.25. The second-order valence-electron chi connectivity index (χ2n) is 7.08. The fraction of sp³-hybridized carbons (Fsp3) is 0.0833. The Morgan fingerprint density at radius 2 is 1.70 bits per heavy atom. The van der Waals surface area contributed by atoms with Crippen molar-refractivity contribution in [2.45, 2.75) is 13.2 Å². The van der Waals surface area contributed by atoms with Crippen LogP contribution in [0.4, 0.5) is 10.2 Å². The van der Waals surface area contributed by atoms with Crippen molar-refractivity contribution in [2.75, 3.05) is 5.32 Å². The highest BCUT2D eigenvalue weighted by Gasteiger charge is 2.17. The van der Waals surface area contributed by atoms with Gasteiger partial charge < -0.3 is 9.73 Å². The molecule has 6 heteroatoms. The fourth-order valence-electron chi connectivity index (χ4n) is 3.51. The summed E-state index contributed by atoms with van der Waals surface area (Å²) in [6.45, 7) is 0.0243. The summed E-state index contributed by atoms with van der Waals surface area (Å²) in [7, 11) is 0. The van der Waals surface area contributed by atoms with E-state index >= 15 is 0 Å². The van der Waals surface area contributed by atoms with Crippen LogP contribution in [0.3, 0.4) is 0 Å². The average molecular weight is 399 g/mol. The largest absolute Gasteiger partial charge is 0.451 e. The Labute approximate surface area is 171 Å². The average Bonchev–Trinajstić information content (AvgIpc) is 3.37. The Hall–Kier alpha value is -3.93. The van der Waals surface area contributed by atoms with Crippen LogP contribution in [0.25, 0.3) is 21.9 Å². The van der Waals surface area contributed by atoms with E-state index in [1.807, 2.05) is 65.3 Å². The predicted molar refractivity (Wildman–Crippen MR) is 114 cm³/mol. The minimum absolute atomic E-state index is 0.233. The number of hydrogen-bond acceptors (Lipinski definition) is 3. The number of anilines is 1. The van der Waals surface area contributed by atoms with Gasteiger partial charge in [-0.05, 0) is 35.4 Å². The number of furan rings is 1. The van der Waals surface area contributed by atoms with Gasteiger partial charge >= 0.3 is 0 Å². The number of nitrogens with zero attached hydrogens (tertiary/aromatic N) is 2. The molecule has 148 valence electrons. The Bertz CT molecular complexity index is 1320. The van der Waals surface area contributed by atoms with Crippen molar-refractivity contribution < 1.29 is 13.6 Å². The summed E-state index contributed by atoms with van der Waals surface area (Å²) in [4.78, 5) is 12.8. The van der Waals surface area contributed by atoms with Crippen molar-refractivity contribution in [3.05, 3.63) is 95.7 Å². The first-order valence-electron chi connectivity index (χ1n) is 9.60. The molecular weight excluding hydrogens is 381 g/mol. The lowest BCUT2D eigenvalue weighted by molar-refractivity contribution is 0.0998. The summed E-state index contributed by atoms with van der Waals surface area (Å²) in [5.41, 5.74) is 3.19. The molecule has 0 saturated carbocycles. The van der Waals surface area contributed by atoms with Gasteiger partial charge in [0.15, 0.2) is 11.6 Å². The summed E-state index contributed by atoms with van der Waals surface area (Å²) in [5, 5.41) is 9.19. The Balaban J connectivity index is 1.46. The molecule has 30 heavy (non-hydrogen) atoms. The summed E-state index contributed by atoms with van der Waals surface area (Å²) >= 11 is 0. The molecule has 2 heterocycles. The van der Waals surface area contributed by atoms with E-state index in [2.05, 4.69) is 10.4 Å². The molecule has 5 nitrogen and oxygen atoms in total. The third-order valence-electron chi connectivity index (χ3n) is 5.05. The summed E-state index contributed by atoms with van der Waals surface area (Å²) < 4.78 is 20.2. The van der Waals surface area contributed by atoms with Gasteiger partial charge in [-0.3, -0.25) is 9.48 Å². The minimum Gasteiger partial charge on any atom is -0.451 e. The number of para-hydroxylation sites is 2. The molecule has 0 unspecified atom stereocenters. The van der Waals surface area contributed by atoms with Crippen LogP contribution in [-0.2, 0) is 13.2 Å². The predicted octanol–water partition coefficient (Wildman–Crippen LogP) is 5.55. The molecule has 0 spiro atoms. The van der Waals surface area contributed by atoms with Crippen LogP contribution in [0.2, 0.25) is 0 Å². The first-order valence-corrected chi connectivity index (χ1v) is 9.60. The van der Waals surface area contributed by atoms with Gasteiger partial charge in [0.2, 0.25) is 0 Å². The number of amides is 1. The topological polar surface area (TPSA) is 60.1 Å². The van der Waals surface area contributed by atoms with E-state index in [0.717, 1.165) is 21.9 Å². The number of benzene rings is 3.